The lowest BCUT2D eigenvalue weighted by atomic mass is 9.98. The Kier molecular flexibility index (Phi) is 3.38. The molecular weight excluding hydrogens is 252 g/mol. The van der Waals surface area contributed by atoms with Crippen LogP contribution in [0.15, 0.2) is 18.2 Å². The normalized spacial score (nSPS) is 26.0. The Labute approximate surface area is 120 Å². The van der Waals surface area contributed by atoms with E-state index in [0.29, 0.717) is 0 Å². The van der Waals surface area contributed by atoms with Crippen molar-refractivity contribution < 1.29 is 9.84 Å². The van der Waals surface area contributed by atoms with Crippen LogP contribution in [-0.4, -0.2) is 36.9 Å². The quantitative estimate of drug-likeness (QED) is 0.868. The van der Waals surface area contributed by atoms with Gasteiger partial charge in [0.05, 0.1) is 18.3 Å². The summed E-state index contributed by atoms with van der Waals surface area (Å²) in [6.07, 6.45) is 1.74. The molecule has 110 valence electrons. The van der Waals surface area contributed by atoms with Gasteiger partial charge in [-0.2, -0.15) is 0 Å². The molecule has 4 heteroatoms. The number of ether oxygens (including phenoxy) is 1. The number of benzene rings is 1. The van der Waals surface area contributed by atoms with Gasteiger partial charge in [0, 0.05) is 13.1 Å². The van der Waals surface area contributed by atoms with Gasteiger partial charge in [0.15, 0.2) is 0 Å². The van der Waals surface area contributed by atoms with Gasteiger partial charge in [-0.25, -0.2) is 0 Å². The summed E-state index contributed by atoms with van der Waals surface area (Å²) in [6, 6.07) is 6.22. The van der Waals surface area contributed by atoms with Gasteiger partial charge in [0.2, 0.25) is 0 Å². The van der Waals surface area contributed by atoms with Crippen LogP contribution in [0.25, 0.3) is 0 Å². The van der Waals surface area contributed by atoms with Gasteiger partial charge >= 0.3 is 0 Å². The number of hydrogen-bond acceptors (Lipinski definition) is 4. The highest BCUT2D eigenvalue weighted by Gasteiger charge is 2.31. The molecule has 2 heterocycles. The molecule has 2 aliphatic heterocycles. The number of aliphatic hydroxyl groups is 1. The predicted octanol–water partition coefficient (Wildman–Crippen LogP) is 2.08. The van der Waals surface area contributed by atoms with Crippen molar-refractivity contribution in [2.24, 2.45) is 0 Å². The number of fused-ring (bicyclic) bond motifs is 1. The Hall–Kier alpha value is -1.26. The van der Waals surface area contributed by atoms with E-state index in [-0.39, 0.29) is 11.6 Å². The van der Waals surface area contributed by atoms with Crippen LogP contribution in [0.1, 0.15) is 38.4 Å². The van der Waals surface area contributed by atoms with Crippen molar-refractivity contribution in [2.75, 3.05) is 25.0 Å². The summed E-state index contributed by atoms with van der Waals surface area (Å²) in [5.41, 5.74) is 1.87. The first kappa shape index (κ1) is 13.7. The first-order valence-electron chi connectivity index (χ1n) is 7.42. The summed E-state index contributed by atoms with van der Waals surface area (Å²) in [6.45, 7) is 6.04. The van der Waals surface area contributed by atoms with Gasteiger partial charge in [0.1, 0.15) is 11.4 Å². The molecule has 1 fully saturated rings. The van der Waals surface area contributed by atoms with Crippen molar-refractivity contribution in [3.05, 3.63) is 23.8 Å². The van der Waals surface area contributed by atoms with E-state index in [1.165, 1.54) is 0 Å². The van der Waals surface area contributed by atoms with Gasteiger partial charge in [0.25, 0.3) is 0 Å². The third-order valence-corrected chi connectivity index (χ3v) is 4.22. The molecule has 0 amide bonds. The van der Waals surface area contributed by atoms with E-state index in [1.807, 2.05) is 12.1 Å². The molecule has 0 spiro atoms. The zero-order valence-corrected chi connectivity index (χ0v) is 12.5. The summed E-state index contributed by atoms with van der Waals surface area (Å²) >= 11 is 0. The highest BCUT2D eigenvalue weighted by atomic mass is 16.5. The molecule has 0 aromatic heterocycles. The first-order chi connectivity index (χ1) is 9.46. The third-order valence-electron chi connectivity index (χ3n) is 4.22. The highest BCUT2D eigenvalue weighted by Crippen LogP contribution is 2.38. The lowest BCUT2D eigenvalue weighted by molar-refractivity contribution is 0.106. The number of rotatable bonds is 2. The molecule has 1 aromatic carbocycles. The van der Waals surface area contributed by atoms with Gasteiger partial charge in [-0.05, 0) is 50.9 Å². The number of nitrogens with zero attached hydrogens (tertiary/aromatic N) is 1. The van der Waals surface area contributed by atoms with Crippen molar-refractivity contribution in [3.8, 4) is 5.75 Å². The molecule has 0 radical (unpaired) electrons. The van der Waals surface area contributed by atoms with E-state index in [2.05, 4.69) is 37.2 Å². The lowest BCUT2D eigenvalue weighted by Crippen LogP contribution is -2.45. The predicted molar refractivity (Wildman–Crippen MR) is 80.4 cm³/mol. The van der Waals surface area contributed by atoms with Crippen LogP contribution in [0.5, 0.6) is 5.75 Å². The number of likely N-dealkylation sites (N-methyl/N-ethyl adjacent to an activating group) is 1. The summed E-state index contributed by atoms with van der Waals surface area (Å²) in [5, 5.41) is 13.9. The van der Waals surface area contributed by atoms with E-state index >= 15 is 0 Å². The fourth-order valence-corrected chi connectivity index (χ4v) is 3.30. The Morgan fingerprint density at radius 1 is 1.45 bits per heavy atom. The molecule has 0 aliphatic carbocycles. The van der Waals surface area contributed by atoms with Crippen LogP contribution in [0.3, 0.4) is 0 Å². The Morgan fingerprint density at radius 2 is 2.25 bits per heavy atom. The van der Waals surface area contributed by atoms with Crippen LogP contribution in [0.4, 0.5) is 5.69 Å². The lowest BCUT2D eigenvalue weighted by Gasteiger charge is -2.39. The Balaban J connectivity index is 1.87. The van der Waals surface area contributed by atoms with Crippen LogP contribution in [-0.2, 0) is 0 Å². The fourth-order valence-electron chi connectivity index (χ4n) is 3.30. The molecule has 1 saturated heterocycles. The minimum Gasteiger partial charge on any atom is -0.484 e. The zero-order chi connectivity index (χ0) is 14.3. The van der Waals surface area contributed by atoms with E-state index in [4.69, 9.17) is 4.74 Å². The molecule has 0 saturated carbocycles. The van der Waals surface area contributed by atoms with Crippen molar-refractivity contribution in [3.63, 3.8) is 0 Å². The molecule has 3 rings (SSSR count). The van der Waals surface area contributed by atoms with Crippen molar-refractivity contribution in [1.82, 2.24) is 5.32 Å². The number of nitrogens with one attached hydrogen (secondary N) is 1. The molecule has 2 atom stereocenters. The molecule has 2 unspecified atom stereocenters. The molecule has 0 bridgehead atoms. The standard InChI is InChI=1S/C16H24N2O2/c1-16(2)10-18(3)13-9-11(6-7-14(13)20-16)15(19)12-5-4-8-17-12/h6-7,9,12,15,17,19H,4-5,8,10H2,1-3H3. The third kappa shape index (κ3) is 2.50. The molecule has 20 heavy (non-hydrogen) atoms. The summed E-state index contributed by atoms with van der Waals surface area (Å²) < 4.78 is 6.01. The maximum atomic E-state index is 10.5. The van der Waals surface area contributed by atoms with Crippen molar-refractivity contribution in [2.45, 2.75) is 44.4 Å². The molecular formula is C16H24N2O2. The Morgan fingerprint density at radius 3 is 2.95 bits per heavy atom. The van der Waals surface area contributed by atoms with E-state index in [9.17, 15) is 5.11 Å². The van der Waals surface area contributed by atoms with E-state index in [1.54, 1.807) is 0 Å². The van der Waals surface area contributed by atoms with Gasteiger partial charge < -0.3 is 20.1 Å². The topological polar surface area (TPSA) is 44.7 Å². The smallest absolute Gasteiger partial charge is 0.143 e. The molecule has 2 N–H and O–H groups in total. The minimum atomic E-state index is -0.439. The summed E-state index contributed by atoms with van der Waals surface area (Å²) in [7, 11) is 2.08. The number of hydrogen-bond donors (Lipinski definition) is 2. The molecule has 2 aliphatic rings. The van der Waals surface area contributed by atoms with Crippen molar-refractivity contribution >= 4 is 5.69 Å². The summed E-state index contributed by atoms with van der Waals surface area (Å²) in [4.78, 5) is 2.21. The van der Waals surface area contributed by atoms with Crippen LogP contribution < -0.4 is 15.0 Å². The number of aliphatic hydroxyl groups excluding tert-OH is 1. The van der Waals surface area contributed by atoms with Crippen LogP contribution in [0, 0.1) is 0 Å². The monoisotopic (exact) mass is 276 g/mol. The van der Waals surface area contributed by atoms with Gasteiger partial charge in [-0.15, -0.1) is 0 Å². The zero-order valence-electron chi connectivity index (χ0n) is 12.5. The maximum Gasteiger partial charge on any atom is 0.143 e. The summed E-state index contributed by atoms with van der Waals surface area (Å²) in [5.74, 6) is 0.902. The first-order valence-corrected chi connectivity index (χ1v) is 7.42. The average Bonchev–Trinajstić information content (AvgIpc) is 2.90. The van der Waals surface area contributed by atoms with E-state index in [0.717, 1.165) is 42.9 Å². The van der Waals surface area contributed by atoms with E-state index < -0.39 is 6.10 Å². The molecule has 1 aromatic rings. The second kappa shape index (κ2) is 4.93. The minimum absolute atomic E-state index is 0.172. The SMILES string of the molecule is CN1CC(C)(C)Oc2ccc(C(O)C3CCCN3)cc21. The highest BCUT2D eigenvalue weighted by molar-refractivity contribution is 5.62. The second-order valence-corrected chi connectivity index (χ2v) is 6.59. The maximum absolute atomic E-state index is 10.5. The fraction of sp³-hybridized carbons (Fsp3) is 0.625. The van der Waals surface area contributed by atoms with Gasteiger partial charge in [-0.3, -0.25) is 0 Å². The molecule has 4 nitrogen and oxygen atoms in total. The number of anilines is 1. The van der Waals surface area contributed by atoms with Crippen LogP contribution >= 0.6 is 0 Å². The van der Waals surface area contributed by atoms with Crippen molar-refractivity contribution in [1.29, 1.82) is 0 Å². The average molecular weight is 276 g/mol. The second-order valence-electron chi connectivity index (χ2n) is 6.59. The Bertz CT molecular complexity index is 495. The van der Waals surface area contributed by atoms with Crippen LogP contribution in [0.2, 0.25) is 0 Å². The largest absolute Gasteiger partial charge is 0.484 e. The van der Waals surface area contributed by atoms with Gasteiger partial charge in [-0.1, -0.05) is 6.07 Å².